The van der Waals surface area contributed by atoms with Crippen LogP contribution in [0.1, 0.15) is 41.4 Å². The van der Waals surface area contributed by atoms with Gasteiger partial charge >= 0.3 is 0 Å². The maximum atomic E-state index is 12.2. The second-order valence-electron chi connectivity index (χ2n) is 5.04. The monoisotopic (exact) mass is 288 g/mol. The van der Waals surface area contributed by atoms with Crippen molar-refractivity contribution in [1.82, 2.24) is 4.98 Å². The topological polar surface area (TPSA) is 42.0 Å². The van der Waals surface area contributed by atoms with Gasteiger partial charge in [0, 0.05) is 17.6 Å². The van der Waals surface area contributed by atoms with Crippen LogP contribution >= 0.6 is 11.6 Å². The number of hydrogen-bond donors (Lipinski definition) is 1. The Morgan fingerprint density at radius 1 is 1.30 bits per heavy atom. The summed E-state index contributed by atoms with van der Waals surface area (Å²) in [4.78, 5) is 16.3. The number of nitrogens with one attached hydrogen (secondary N) is 1. The summed E-state index contributed by atoms with van der Waals surface area (Å²) in [5.41, 5.74) is 3.11. The highest BCUT2D eigenvalue weighted by atomic mass is 35.5. The summed E-state index contributed by atoms with van der Waals surface area (Å²) in [5.74, 6) is 0.167. The predicted molar refractivity (Wildman–Crippen MR) is 82.5 cm³/mol. The number of amides is 1. The Morgan fingerprint density at radius 2 is 2.05 bits per heavy atom. The number of carbonyl (C=O) groups is 1. The summed E-state index contributed by atoms with van der Waals surface area (Å²) in [5, 5.41) is 3.26. The van der Waals surface area contributed by atoms with Crippen LogP contribution in [-0.2, 0) is 0 Å². The Balaban J connectivity index is 2.21. The van der Waals surface area contributed by atoms with Gasteiger partial charge in [-0.2, -0.15) is 0 Å². The summed E-state index contributed by atoms with van der Waals surface area (Å²) >= 11 is 6.07. The van der Waals surface area contributed by atoms with Gasteiger partial charge in [-0.25, -0.2) is 0 Å². The lowest BCUT2D eigenvalue weighted by atomic mass is 10.0. The zero-order chi connectivity index (χ0) is 14.7. The normalized spacial score (nSPS) is 10.7. The van der Waals surface area contributed by atoms with Crippen LogP contribution in [0.4, 0.5) is 5.69 Å². The molecule has 0 aliphatic carbocycles. The fourth-order valence-corrected chi connectivity index (χ4v) is 2.16. The quantitative estimate of drug-likeness (QED) is 0.908. The number of carbonyl (C=O) groups excluding carboxylic acids is 1. The third kappa shape index (κ3) is 3.36. The summed E-state index contributed by atoms with van der Waals surface area (Å²) in [7, 11) is 0. The number of anilines is 1. The molecule has 0 bridgehead atoms. The van der Waals surface area contributed by atoms with Crippen LogP contribution in [0.5, 0.6) is 0 Å². The second-order valence-corrected chi connectivity index (χ2v) is 5.45. The molecule has 0 aliphatic rings. The van der Waals surface area contributed by atoms with Gasteiger partial charge < -0.3 is 5.32 Å². The maximum absolute atomic E-state index is 12.2. The molecule has 104 valence electrons. The minimum Gasteiger partial charge on any atom is -0.322 e. The molecule has 20 heavy (non-hydrogen) atoms. The van der Waals surface area contributed by atoms with Gasteiger partial charge in [-0.3, -0.25) is 9.78 Å². The lowest BCUT2D eigenvalue weighted by Crippen LogP contribution is -2.13. The van der Waals surface area contributed by atoms with Crippen molar-refractivity contribution in [3.05, 3.63) is 58.4 Å². The van der Waals surface area contributed by atoms with Crippen LogP contribution in [0, 0.1) is 6.92 Å². The lowest BCUT2D eigenvalue weighted by molar-refractivity contribution is 0.102. The molecule has 1 N–H and O–H groups in total. The lowest BCUT2D eigenvalue weighted by Gasteiger charge is -2.10. The van der Waals surface area contributed by atoms with Crippen molar-refractivity contribution in [3.8, 4) is 0 Å². The number of rotatable bonds is 3. The second kappa shape index (κ2) is 6.06. The first kappa shape index (κ1) is 14.5. The number of aryl methyl sites for hydroxylation is 1. The van der Waals surface area contributed by atoms with E-state index in [1.807, 2.05) is 31.2 Å². The fraction of sp³-hybridized carbons (Fsp3) is 0.250. The van der Waals surface area contributed by atoms with Gasteiger partial charge in [0.2, 0.25) is 0 Å². The van der Waals surface area contributed by atoms with Gasteiger partial charge in [-0.1, -0.05) is 37.6 Å². The van der Waals surface area contributed by atoms with Crippen LogP contribution in [0.2, 0.25) is 5.02 Å². The molecule has 1 aromatic carbocycles. The summed E-state index contributed by atoms with van der Waals surface area (Å²) in [6, 6.07) is 9.49. The highest BCUT2D eigenvalue weighted by molar-refractivity contribution is 6.34. The highest BCUT2D eigenvalue weighted by Gasteiger charge is 2.12. The molecule has 0 atom stereocenters. The molecule has 1 heterocycles. The van der Waals surface area contributed by atoms with Gasteiger partial charge in [0.25, 0.3) is 5.91 Å². The van der Waals surface area contributed by atoms with Crippen molar-refractivity contribution in [3.63, 3.8) is 0 Å². The number of pyridine rings is 1. The maximum Gasteiger partial charge on any atom is 0.258 e. The van der Waals surface area contributed by atoms with Crippen LogP contribution in [0.3, 0.4) is 0 Å². The summed E-state index contributed by atoms with van der Waals surface area (Å²) in [6.45, 7) is 6.06. The molecule has 0 radical (unpaired) electrons. The molecule has 0 aliphatic heterocycles. The van der Waals surface area contributed by atoms with Crippen LogP contribution in [0.15, 0.2) is 36.5 Å². The molecular formula is C16H17ClN2O. The van der Waals surface area contributed by atoms with Crippen molar-refractivity contribution >= 4 is 23.2 Å². The third-order valence-corrected chi connectivity index (χ3v) is 3.36. The average Bonchev–Trinajstić information content (AvgIpc) is 2.38. The Morgan fingerprint density at radius 3 is 2.70 bits per heavy atom. The van der Waals surface area contributed by atoms with E-state index in [4.69, 9.17) is 11.6 Å². The molecule has 0 saturated carbocycles. The van der Waals surface area contributed by atoms with Crippen molar-refractivity contribution in [2.75, 3.05) is 5.32 Å². The minimum absolute atomic E-state index is 0.247. The molecule has 0 unspecified atom stereocenters. The van der Waals surface area contributed by atoms with E-state index in [0.29, 0.717) is 16.5 Å². The van der Waals surface area contributed by atoms with E-state index < -0.39 is 0 Å². The van der Waals surface area contributed by atoms with Crippen LogP contribution in [-0.4, -0.2) is 10.9 Å². The molecule has 0 fully saturated rings. The molecule has 0 saturated heterocycles. The van der Waals surface area contributed by atoms with Crippen LogP contribution < -0.4 is 5.32 Å². The predicted octanol–water partition coefficient (Wildman–Crippen LogP) is 4.42. The molecule has 1 amide bonds. The summed E-state index contributed by atoms with van der Waals surface area (Å²) < 4.78 is 0. The van der Waals surface area contributed by atoms with E-state index in [2.05, 4.69) is 24.1 Å². The highest BCUT2D eigenvalue weighted by Crippen LogP contribution is 2.21. The Hall–Kier alpha value is -1.87. The number of aromatic nitrogens is 1. The first-order valence-electron chi connectivity index (χ1n) is 6.51. The van der Waals surface area contributed by atoms with Crippen LogP contribution in [0.25, 0.3) is 0 Å². The van der Waals surface area contributed by atoms with E-state index in [1.54, 1.807) is 6.07 Å². The van der Waals surface area contributed by atoms with E-state index in [0.717, 1.165) is 11.4 Å². The Bertz CT molecular complexity index is 638. The molecule has 4 heteroatoms. The molecule has 2 aromatic rings. The largest absolute Gasteiger partial charge is 0.322 e. The molecule has 3 nitrogen and oxygen atoms in total. The number of nitrogens with zero attached hydrogens (tertiary/aromatic N) is 1. The van der Waals surface area contributed by atoms with Gasteiger partial charge in [0.05, 0.1) is 10.6 Å². The first-order valence-corrected chi connectivity index (χ1v) is 6.88. The van der Waals surface area contributed by atoms with E-state index in [-0.39, 0.29) is 5.91 Å². The smallest absolute Gasteiger partial charge is 0.258 e. The van der Waals surface area contributed by atoms with E-state index in [9.17, 15) is 4.79 Å². The summed E-state index contributed by atoms with van der Waals surface area (Å²) in [6.07, 6.45) is 1.50. The third-order valence-electron chi connectivity index (χ3n) is 3.05. The molecule has 2 rings (SSSR count). The SMILES string of the molecule is Cc1cc(Cl)c(C(=O)Nc2cccc(C(C)C)c2)cn1. The Labute approximate surface area is 124 Å². The Kier molecular flexibility index (Phi) is 4.40. The zero-order valence-electron chi connectivity index (χ0n) is 11.8. The molecule has 0 spiro atoms. The van der Waals surface area contributed by atoms with Crippen molar-refractivity contribution in [2.45, 2.75) is 26.7 Å². The van der Waals surface area contributed by atoms with Gasteiger partial charge in [0.1, 0.15) is 0 Å². The van der Waals surface area contributed by atoms with E-state index in [1.165, 1.54) is 11.8 Å². The van der Waals surface area contributed by atoms with Crippen molar-refractivity contribution < 1.29 is 4.79 Å². The average molecular weight is 289 g/mol. The molecule has 1 aromatic heterocycles. The fourth-order valence-electron chi connectivity index (χ4n) is 1.87. The number of hydrogen-bond acceptors (Lipinski definition) is 2. The van der Waals surface area contributed by atoms with Crippen molar-refractivity contribution in [2.24, 2.45) is 0 Å². The number of halogens is 1. The van der Waals surface area contributed by atoms with Gasteiger partial charge in [-0.15, -0.1) is 0 Å². The van der Waals surface area contributed by atoms with E-state index >= 15 is 0 Å². The zero-order valence-corrected chi connectivity index (χ0v) is 12.5. The number of benzene rings is 1. The van der Waals surface area contributed by atoms with Crippen molar-refractivity contribution in [1.29, 1.82) is 0 Å². The molecular weight excluding hydrogens is 272 g/mol. The first-order chi connectivity index (χ1) is 9.47. The van der Waals surface area contributed by atoms with Gasteiger partial charge in [0.15, 0.2) is 0 Å². The minimum atomic E-state index is -0.247. The van der Waals surface area contributed by atoms with Gasteiger partial charge in [-0.05, 0) is 36.6 Å². The standard InChI is InChI=1S/C16H17ClN2O/c1-10(2)12-5-4-6-13(8-12)19-16(20)14-9-18-11(3)7-15(14)17/h4-10H,1-3H3,(H,19,20).